The zero-order chi connectivity index (χ0) is 14.4. The Morgan fingerprint density at radius 1 is 1.35 bits per heavy atom. The summed E-state index contributed by atoms with van der Waals surface area (Å²) in [5.41, 5.74) is 1.05. The van der Waals surface area contributed by atoms with E-state index < -0.39 is 0 Å². The topological polar surface area (TPSA) is 76.3 Å². The van der Waals surface area contributed by atoms with Gasteiger partial charge in [0.05, 0.1) is 19.6 Å². The maximum absolute atomic E-state index is 5.11. The molecule has 7 heteroatoms. The highest BCUT2D eigenvalue weighted by molar-refractivity contribution is 5.38. The number of aromatic nitrogens is 3. The Bertz CT molecular complexity index is 530. The van der Waals surface area contributed by atoms with Gasteiger partial charge in [-0.2, -0.15) is 15.0 Å². The van der Waals surface area contributed by atoms with Crippen LogP contribution in [-0.2, 0) is 6.54 Å². The molecular formula is C13H19N5O2. The van der Waals surface area contributed by atoms with Gasteiger partial charge < -0.3 is 19.4 Å². The standard InChI is InChI=1S/C13H19N5O2/c1-4-6-14-11-15-12(17-13(16-11)19-3)18(2)8-10-5-7-20-9-10/h5,7,9H,4,6,8H2,1-3H3,(H,14,15,16,17). The van der Waals surface area contributed by atoms with Crippen LogP contribution in [-0.4, -0.2) is 35.7 Å². The molecule has 2 aromatic heterocycles. The van der Waals surface area contributed by atoms with E-state index in [0.717, 1.165) is 18.5 Å². The van der Waals surface area contributed by atoms with Crippen molar-refractivity contribution >= 4 is 11.9 Å². The van der Waals surface area contributed by atoms with Crippen LogP contribution >= 0.6 is 0 Å². The molecule has 0 bridgehead atoms. The monoisotopic (exact) mass is 277 g/mol. The summed E-state index contributed by atoms with van der Waals surface area (Å²) in [7, 11) is 3.45. The Labute approximate surface area is 118 Å². The average molecular weight is 277 g/mol. The van der Waals surface area contributed by atoms with E-state index in [1.54, 1.807) is 19.6 Å². The maximum atomic E-state index is 5.11. The molecule has 0 spiro atoms. The third-order valence-corrected chi connectivity index (χ3v) is 2.66. The normalized spacial score (nSPS) is 10.3. The zero-order valence-electron chi connectivity index (χ0n) is 12.0. The van der Waals surface area contributed by atoms with Gasteiger partial charge in [-0.25, -0.2) is 0 Å². The van der Waals surface area contributed by atoms with Crippen LogP contribution < -0.4 is 15.0 Å². The Kier molecular flexibility index (Phi) is 4.75. The van der Waals surface area contributed by atoms with Crippen molar-refractivity contribution < 1.29 is 9.15 Å². The summed E-state index contributed by atoms with van der Waals surface area (Å²) in [5.74, 6) is 1.07. The molecule has 2 rings (SSSR count). The third-order valence-electron chi connectivity index (χ3n) is 2.66. The number of hydrogen-bond acceptors (Lipinski definition) is 7. The molecular weight excluding hydrogens is 258 g/mol. The first-order valence-corrected chi connectivity index (χ1v) is 6.49. The molecule has 0 saturated heterocycles. The number of furan rings is 1. The van der Waals surface area contributed by atoms with E-state index in [0.29, 0.717) is 24.5 Å². The Morgan fingerprint density at radius 3 is 2.85 bits per heavy atom. The third kappa shape index (κ3) is 3.59. The lowest BCUT2D eigenvalue weighted by atomic mass is 10.3. The molecule has 7 nitrogen and oxygen atoms in total. The molecule has 0 fully saturated rings. The zero-order valence-corrected chi connectivity index (χ0v) is 12.0. The van der Waals surface area contributed by atoms with Crippen LogP contribution in [0.2, 0.25) is 0 Å². The van der Waals surface area contributed by atoms with Crippen LogP contribution in [0.4, 0.5) is 11.9 Å². The molecule has 0 aromatic carbocycles. The number of nitrogens with zero attached hydrogens (tertiary/aromatic N) is 4. The van der Waals surface area contributed by atoms with Gasteiger partial charge in [-0.15, -0.1) is 0 Å². The second-order valence-corrected chi connectivity index (χ2v) is 4.36. The fourth-order valence-corrected chi connectivity index (χ4v) is 1.65. The fourth-order valence-electron chi connectivity index (χ4n) is 1.65. The van der Waals surface area contributed by atoms with E-state index in [2.05, 4.69) is 27.2 Å². The molecule has 0 aliphatic carbocycles. The molecule has 0 amide bonds. The van der Waals surface area contributed by atoms with Gasteiger partial charge >= 0.3 is 6.01 Å². The molecule has 0 unspecified atom stereocenters. The lowest BCUT2D eigenvalue weighted by Gasteiger charge is -2.17. The van der Waals surface area contributed by atoms with Crippen molar-refractivity contribution in [2.24, 2.45) is 0 Å². The van der Waals surface area contributed by atoms with Crippen molar-refractivity contribution in [1.82, 2.24) is 15.0 Å². The van der Waals surface area contributed by atoms with Gasteiger partial charge in [0, 0.05) is 25.7 Å². The predicted octanol–water partition coefficient (Wildman–Crippen LogP) is 1.93. The Morgan fingerprint density at radius 2 is 2.20 bits per heavy atom. The van der Waals surface area contributed by atoms with Gasteiger partial charge in [0.2, 0.25) is 11.9 Å². The SMILES string of the molecule is CCCNc1nc(OC)nc(N(C)Cc2ccoc2)n1. The van der Waals surface area contributed by atoms with Crippen LogP contribution in [0.3, 0.4) is 0 Å². The van der Waals surface area contributed by atoms with E-state index >= 15 is 0 Å². The van der Waals surface area contributed by atoms with Crippen molar-refractivity contribution in [3.05, 3.63) is 24.2 Å². The molecule has 0 atom stereocenters. The first kappa shape index (κ1) is 14.1. The quantitative estimate of drug-likeness (QED) is 0.828. The van der Waals surface area contributed by atoms with Crippen molar-refractivity contribution in [1.29, 1.82) is 0 Å². The fraction of sp³-hybridized carbons (Fsp3) is 0.462. The summed E-state index contributed by atoms with van der Waals surface area (Å²) in [6.45, 7) is 3.53. The Hall–Kier alpha value is -2.31. The summed E-state index contributed by atoms with van der Waals surface area (Å²) in [5, 5.41) is 3.14. The molecule has 20 heavy (non-hydrogen) atoms. The minimum atomic E-state index is 0.299. The van der Waals surface area contributed by atoms with Crippen LogP contribution in [0, 0.1) is 0 Å². The number of nitrogens with one attached hydrogen (secondary N) is 1. The first-order chi connectivity index (χ1) is 9.72. The van der Waals surface area contributed by atoms with Crippen molar-refractivity contribution in [3.63, 3.8) is 0 Å². The van der Waals surface area contributed by atoms with Crippen LogP contribution in [0.5, 0.6) is 6.01 Å². The van der Waals surface area contributed by atoms with Crippen molar-refractivity contribution in [2.45, 2.75) is 19.9 Å². The van der Waals surface area contributed by atoms with Crippen molar-refractivity contribution in [3.8, 4) is 6.01 Å². The van der Waals surface area contributed by atoms with Gasteiger partial charge in [-0.3, -0.25) is 0 Å². The molecule has 0 radical (unpaired) electrons. The summed E-state index contributed by atoms with van der Waals surface area (Å²) in [6, 6.07) is 2.21. The molecule has 2 aromatic rings. The van der Waals surface area contributed by atoms with E-state index in [9.17, 15) is 0 Å². The number of ether oxygens (including phenoxy) is 1. The van der Waals surface area contributed by atoms with Gasteiger partial charge in [0.1, 0.15) is 0 Å². The minimum Gasteiger partial charge on any atom is -0.472 e. The molecule has 1 N–H and O–H groups in total. The summed E-state index contributed by atoms with van der Waals surface area (Å²) >= 11 is 0. The smallest absolute Gasteiger partial charge is 0.322 e. The predicted molar refractivity (Wildman–Crippen MR) is 76.0 cm³/mol. The van der Waals surface area contributed by atoms with E-state index in [-0.39, 0.29) is 0 Å². The highest BCUT2D eigenvalue weighted by Gasteiger charge is 2.11. The minimum absolute atomic E-state index is 0.299. The molecule has 108 valence electrons. The van der Waals surface area contributed by atoms with Crippen LogP contribution in [0.1, 0.15) is 18.9 Å². The highest BCUT2D eigenvalue weighted by Crippen LogP contribution is 2.16. The first-order valence-electron chi connectivity index (χ1n) is 6.49. The molecule has 0 saturated carbocycles. The lowest BCUT2D eigenvalue weighted by molar-refractivity contribution is 0.379. The van der Waals surface area contributed by atoms with Gasteiger partial charge in [-0.1, -0.05) is 6.92 Å². The Balaban J connectivity index is 2.16. The van der Waals surface area contributed by atoms with Crippen LogP contribution in [0.15, 0.2) is 23.0 Å². The average Bonchev–Trinajstić information content (AvgIpc) is 2.97. The second kappa shape index (κ2) is 6.74. The summed E-state index contributed by atoms with van der Waals surface area (Å²) in [4.78, 5) is 14.7. The molecule has 2 heterocycles. The lowest BCUT2D eigenvalue weighted by Crippen LogP contribution is -2.20. The summed E-state index contributed by atoms with van der Waals surface area (Å²) < 4.78 is 10.2. The number of anilines is 2. The maximum Gasteiger partial charge on any atom is 0.322 e. The number of methoxy groups -OCH3 is 1. The number of hydrogen-bond donors (Lipinski definition) is 1. The van der Waals surface area contributed by atoms with Gasteiger partial charge in [-0.05, 0) is 12.5 Å². The number of rotatable bonds is 7. The van der Waals surface area contributed by atoms with E-state index in [1.165, 1.54) is 0 Å². The molecule has 0 aliphatic heterocycles. The van der Waals surface area contributed by atoms with Gasteiger partial charge in [0.15, 0.2) is 0 Å². The largest absolute Gasteiger partial charge is 0.472 e. The van der Waals surface area contributed by atoms with E-state index in [1.807, 2.05) is 18.0 Å². The van der Waals surface area contributed by atoms with Crippen LogP contribution in [0.25, 0.3) is 0 Å². The van der Waals surface area contributed by atoms with E-state index in [4.69, 9.17) is 9.15 Å². The summed E-state index contributed by atoms with van der Waals surface area (Å²) in [6.07, 6.45) is 4.34. The highest BCUT2D eigenvalue weighted by atomic mass is 16.5. The second-order valence-electron chi connectivity index (χ2n) is 4.36. The molecule has 0 aliphatic rings. The van der Waals surface area contributed by atoms with Gasteiger partial charge in [0.25, 0.3) is 0 Å². The van der Waals surface area contributed by atoms with Crippen molar-refractivity contribution in [2.75, 3.05) is 30.9 Å².